The number of likely N-dealkylation sites (N-methyl/N-ethyl adjacent to an activating group) is 1. The van der Waals surface area contributed by atoms with Crippen LogP contribution in [0, 0.1) is 5.92 Å². The first-order valence-electron chi connectivity index (χ1n) is 5.65. The van der Waals surface area contributed by atoms with Crippen LogP contribution in [0.5, 0.6) is 0 Å². The van der Waals surface area contributed by atoms with Crippen molar-refractivity contribution in [1.82, 2.24) is 4.90 Å². The summed E-state index contributed by atoms with van der Waals surface area (Å²) in [5.74, 6) is -0.361. The predicted molar refractivity (Wildman–Crippen MR) is 62.4 cm³/mol. The molecule has 0 aromatic heterocycles. The Morgan fingerprint density at radius 3 is 2.82 bits per heavy atom. The zero-order valence-electron chi connectivity index (χ0n) is 10.7. The molecule has 0 bridgehead atoms. The van der Waals surface area contributed by atoms with E-state index in [0.717, 1.165) is 6.42 Å². The number of ether oxygens (including phenoxy) is 2. The van der Waals surface area contributed by atoms with E-state index < -0.39 is 24.2 Å². The standard InChI is InChI=1S/C12H19NO4/c1-5-6-7-8(2)10-9(11(14)16-4)13(3)12(15)17-10/h5-6,8-10H,7H2,1-4H3/b6-5+. The Kier molecular flexibility index (Phi) is 4.54. The van der Waals surface area contributed by atoms with Crippen LogP contribution in [0.25, 0.3) is 0 Å². The first-order chi connectivity index (χ1) is 8.02. The first kappa shape index (κ1) is 13.5. The Balaban J connectivity index is 2.81. The van der Waals surface area contributed by atoms with Gasteiger partial charge in [0.15, 0.2) is 6.04 Å². The van der Waals surface area contributed by atoms with Gasteiger partial charge >= 0.3 is 12.1 Å². The maximum Gasteiger partial charge on any atom is 0.410 e. The van der Waals surface area contributed by atoms with Gasteiger partial charge in [0.2, 0.25) is 0 Å². The summed E-state index contributed by atoms with van der Waals surface area (Å²) >= 11 is 0. The van der Waals surface area contributed by atoms with Crippen LogP contribution in [0.3, 0.4) is 0 Å². The normalized spacial score (nSPS) is 26.1. The molecule has 0 radical (unpaired) electrons. The van der Waals surface area contributed by atoms with Gasteiger partial charge in [-0.2, -0.15) is 0 Å². The van der Waals surface area contributed by atoms with E-state index in [1.807, 2.05) is 26.0 Å². The Morgan fingerprint density at radius 1 is 1.65 bits per heavy atom. The number of nitrogens with zero attached hydrogens (tertiary/aromatic N) is 1. The number of amides is 1. The first-order valence-corrected chi connectivity index (χ1v) is 5.65. The molecular weight excluding hydrogens is 222 g/mol. The maximum atomic E-state index is 11.6. The topological polar surface area (TPSA) is 55.8 Å². The van der Waals surface area contributed by atoms with Crippen molar-refractivity contribution in [3.63, 3.8) is 0 Å². The van der Waals surface area contributed by atoms with Crippen LogP contribution >= 0.6 is 0 Å². The van der Waals surface area contributed by atoms with Crippen LogP contribution in [0.1, 0.15) is 20.3 Å². The molecule has 17 heavy (non-hydrogen) atoms. The zero-order chi connectivity index (χ0) is 13.0. The quantitative estimate of drug-likeness (QED) is 0.554. The van der Waals surface area contributed by atoms with Crippen molar-refractivity contribution in [2.45, 2.75) is 32.4 Å². The van der Waals surface area contributed by atoms with E-state index >= 15 is 0 Å². The molecule has 0 aromatic carbocycles. The van der Waals surface area contributed by atoms with Gasteiger partial charge in [0.05, 0.1) is 7.11 Å². The third-order valence-corrected chi connectivity index (χ3v) is 3.00. The van der Waals surface area contributed by atoms with Gasteiger partial charge in [-0.15, -0.1) is 0 Å². The van der Waals surface area contributed by atoms with Crippen LogP contribution < -0.4 is 0 Å². The predicted octanol–water partition coefficient (Wildman–Crippen LogP) is 1.58. The third-order valence-electron chi connectivity index (χ3n) is 3.00. The largest absolute Gasteiger partial charge is 0.467 e. The molecule has 1 aliphatic rings. The minimum Gasteiger partial charge on any atom is -0.467 e. The number of hydrogen-bond donors (Lipinski definition) is 0. The van der Waals surface area contributed by atoms with E-state index in [-0.39, 0.29) is 5.92 Å². The Bertz CT molecular complexity index is 326. The second-order valence-electron chi connectivity index (χ2n) is 4.21. The van der Waals surface area contributed by atoms with Gasteiger partial charge in [0.1, 0.15) is 6.10 Å². The molecule has 1 saturated heterocycles. The van der Waals surface area contributed by atoms with Crippen molar-refractivity contribution < 1.29 is 19.1 Å². The number of carbonyl (C=O) groups is 2. The highest BCUT2D eigenvalue weighted by atomic mass is 16.6. The Labute approximate surface area is 101 Å². The van der Waals surface area contributed by atoms with Gasteiger partial charge in [-0.25, -0.2) is 9.59 Å². The molecule has 3 unspecified atom stereocenters. The highest BCUT2D eigenvalue weighted by Crippen LogP contribution is 2.26. The number of allylic oxidation sites excluding steroid dienone is 2. The van der Waals surface area contributed by atoms with Crippen molar-refractivity contribution in [2.75, 3.05) is 14.2 Å². The molecule has 1 aliphatic heterocycles. The lowest BCUT2D eigenvalue weighted by Crippen LogP contribution is -2.43. The fraction of sp³-hybridized carbons (Fsp3) is 0.667. The minimum atomic E-state index is -0.646. The van der Waals surface area contributed by atoms with Crippen LogP contribution in [0.4, 0.5) is 4.79 Å². The van der Waals surface area contributed by atoms with Crippen molar-refractivity contribution >= 4 is 12.1 Å². The maximum absolute atomic E-state index is 11.6. The van der Waals surface area contributed by atoms with Crippen molar-refractivity contribution in [3.05, 3.63) is 12.2 Å². The highest BCUT2D eigenvalue weighted by molar-refractivity contribution is 5.84. The van der Waals surface area contributed by atoms with E-state index in [1.165, 1.54) is 12.0 Å². The Morgan fingerprint density at radius 2 is 2.29 bits per heavy atom. The van der Waals surface area contributed by atoms with Crippen molar-refractivity contribution in [3.8, 4) is 0 Å². The van der Waals surface area contributed by atoms with Gasteiger partial charge < -0.3 is 9.47 Å². The number of hydrogen-bond acceptors (Lipinski definition) is 4. The molecule has 0 N–H and O–H groups in total. The van der Waals surface area contributed by atoms with Crippen molar-refractivity contribution in [2.24, 2.45) is 5.92 Å². The molecule has 3 atom stereocenters. The number of rotatable bonds is 4. The molecule has 0 spiro atoms. The average molecular weight is 241 g/mol. The van der Waals surface area contributed by atoms with Gasteiger partial charge in [0, 0.05) is 7.05 Å². The second kappa shape index (κ2) is 5.70. The molecule has 5 heteroatoms. The van der Waals surface area contributed by atoms with E-state index in [9.17, 15) is 9.59 Å². The summed E-state index contributed by atoms with van der Waals surface area (Å²) in [6.45, 7) is 3.88. The summed E-state index contributed by atoms with van der Waals surface area (Å²) in [7, 11) is 2.86. The fourth-order valence-electron chi connectivity index (χ4n) is 1.92. The number of carbonyl (C=O) groups excluding carboxylic acids is 2. The fourth-order valence-corrected chi connectivity index (χ4v) is 1.92. The molecule has 1 rings (SSSR count). The van der Waals surface area contributed by atoms with Crippen LogP contribution in [-0.4, -0.2) is 43.3 Å². The molecular formula is C12H19NO4. The monoisotopic (exact) mass is 241 g/mol. The van der Waals surface area contributed by atoms with E-state index in [4.69, 9.17) is 9.47 Å². The number of cyclic esters (lactones) is 1. The molecule has 0 saturated carbocycles. The second-order valence-corrected chi connectivity index (χ2v) is 4.21. The van der Waals surface area contributed by atoms with Gasteiger partial charge in [-0.1, -0.05) is 19.1 Å². The minimum absolute atomic E-state index is 0.0733. The molecule has 1 fully saturated rings. The van der Waals surface area contributed by atoms with Crippen LogP contribution in [0.15, 0.2) is 12.2 Å². The molecule has 0 aliphatic carbocycles. The average Bonchev–Trinajstić information content (AvgIpc) is 2.62. The van der Waals surface area contributed by atoms with Crippen molar-refractivity contribution in [1.29, 1.82) is 0 Å². The van der Waals surface area contributed by atoms with E-state index in [2.05, 4.69) is 0 Å². The summed E-state index contributed by atoms with van der Waals surface area (Å²) in [5, 5.41) is 0. The number of esters is 1. The molecule has 1 amide bonds. The smallest absolute Gasteiger partial charge is 0.410 e. The molecule has 1 heterocycles. The third kappa shape index (κ3) is 2.78. The Hall–Kier alpha value is -1.52. The lowest BCUT2D eigenvalue weighted by Gasteiger charge is -2.22. The van der Waals surface area contributed by atoms with Crippen LogP contribution in [0.2, 0.25) is 0 Å². The lowest BCUT2D eigenvalue weighted by atomic mass is 9.94. The van der Waals surface area contributed by atoms with Crippen LogP contribution in [-0.2, 0) is 14.3 Å². The SMILES string of the molecule is C/C=C/CC(C)C1OC(=O)N(C)C1C(=O)OC. The van der Waals surface area contributed by atoms with Gasteiger partial charge in [-0.3, -0.25) is 4.90 Å². The summed E-state index contributed by atoms with van der Waals surface area (Å²) in [4.78, 5) is 24.4. The molecule has 96 valence electrons. The lowest BCUT2D eigenvalue weighted by molar-refractivity contribution is -0.146. The number of methoxy groups -OCH3 is 1. The summed E-state index contributed by atoms with van der Waals surface area (Å²) in [6.07, 6.45) is 3.76. The van der Waals surface area contributed by atoms with E-state index in [1.54, 1.807) is 7.05 Å². The van der Waals surface area contributed by atoms with Gasteiger partial charge in [0.25, 0.3) is 0 Å². The highest BCUT2D eigenvalue weighted by Gasteiger charge is 2.47. The summed E-state index contributed by atoms with van der Waals surface area (Å²) in [6, 6.07) is -0.646. The van der Waals surface area contributed by atoms with E-state index in [0.29, 0.717) is 0 Å². The molecule has 0 aromatic rings. The zero-order valence-corrected chi connectivity index (χ0v) is 10.7. The summed E-state index contributed by atoms with van der Waals surface area (Å²) < 4.78 is 9.93. The summed E-state index contributed by atoms with van der Waals surface area (Å²) in [5.41, 5.74) is 0. The van der Waals surface area contributed by atoms with Gasteiger partial charge in [-0.05, 0) is 19.3 Å². The molecule has 5 nitrogen and oxygen atoms in total.